The third kappa shape index (κ3) is 42.4. The number of amides is 1. The fraction of sp³-hybridized carbons (Fsp3) is 0.905. The van der Waals surface area contributed by atoms with E-state index in [2.05, 4.69) is 55.6 Å². The predicted octanol–water partition coefficient (Wildman–Crippen LogP) is 15.7. The van der Waals surface area contributed by atoms with Gasteiger partial charge < -0.3 is 65.1 Å². The molecule has 2 aliphatic rings. The number of rotatable bonds is 62. The molecule has 0 aromatic heterocycles. The number of hydrogen-bond acceptors (Lipinski definition) is 13. The molecule has 518 valence electrons. The molecule has 2 rings (SSSR count). The molecule has 14 nitrogen and oxygen atoms in total. The molecule has 0 bridgehead atoms. The molecule has 0 spiro atoms. The maximum absolute atomic E-state index is 13.4. The van der Waals surface area contributed by atoms with Crippen LogP contribution in [0.1, 0.15) is 335 Å². The first-order valence-electron chi connectivity index (χ1n) is 37.2. The molecular formula is C74H139NO13. The van der Waals surface area contributed by atoms with Gasteiger partial charge in [-0.15, -0.1) is 0 Å². The van der Waals surface area contributed by atoms with Crippen molar-refractivity contribution < 1.29 is 64.6 Å². The quantitative estimate of drug-likeness (QED) is 0.0204. The summed E-state index contributed by atoms with van der Waals surface area (Å²) in [6.45, 7) is 2.90. The van der Waals surface area contributed by atoms with Crippen LogP contribution in [0.3, 0.4) is 0 Å². The molecule has 0 aromatic rings. The van der Waals surface area contributed by atoms with E-state index in [9.17, 15) is 45.6 Å². The minimum Gasteiger partial charge on any atom is -0.394 e. The molecule has 2 fully saturated rings. The lowest BCUT2D eigenvalue weighted by Crippen LogP contribution is -2.65. The summed E-state index contributed by atoms with van der Waals surface area (Å²) in [7, 11) is 0. The Balaban J connectivity index is 1.60. The van der Waals surface area contributed by atoms with Crippen LogP contribution in [0.2, 0.25) is 0 Å². The van der Waals surface area contributed by atoms with Gasteiger partial charge in [0, 0.05) is 6.42 Å². The highest BCUT2D eigenvalue weighted by atomic mass is 16.7. The zero-order chi connectivity index (χ0) is 63.8. The smallest absolute Gasteiger partial charge is 0.220 e. The highest BCUT2D eigenvalue weighted by molar-refractivity contribution is 5.76. The van der Waals surface area contributed by atoms with Gasteiger partial charge in [-0.05, 0) is 51.4 Å². The number of carbonyl (C=O) groups excluding carboxylic acids is 1. The third-order valence-electron chi connectivity index (χ3n) is 18.4. The van der Waals surface area contributed by atoms with Crippen molar-refractivity contribution in [1.82, 2.24) is 5.32 Å². The summed E-state index contributed by atoms with van der Waals surface area (Å²) in [6.07, 6.45) is 58.8. The average Bonchev–Trinajstić information content (AvgIpc) is 1.84. The van der Waals surface area contributed by atoms with E-state index < -0.39 is 86.8 Å². The largest absolute Gasteiger partial charge is 0.394 e. The van der Waals surface area contributed by atoms with Crippen LogP contribution in [0.15, 0.2) is 36.5 Å². The van der Waals surface area contributed by atoms with Crippen molar-refractivity contribution in [1.29, 1.82) is 0 Å². The van der Waals surface area contributed by atoms with Crippen molar-refractivity contribution in [3.05, 3.63) is 36.5 Å². The Hall–Kier alpha value is -1.79. The molecule has 0 saturated carbocycles. The molecule has 2 aliphatic heterocycles. The molecule has 0 radical (unpaired) electrons. The zero-order valence-corrected chi connectivity index (χ0v) is 56.5. The number of aliphatic hydroxyl groups is 8. The summed E-state index contributed by atoms with van der Waals surface area (Å²) < 4.78 is 22.9. The number of carbonyl (C=O) groups is 1. The molecule has 2 saturated heterocycles. The van der Waals surface area contributed by atoms with Gasteiger partial charge in [-0.1, -0.05) is 314 Å². The second kappa shape index (κ2) is 59.0. The van der Waals surface area contributed by atoms with Crippen LogP contribution in [0.5, 0.6) is 0 Å². The Morgan fingerprint density at radius 3 is 1.15 bits per heavy atom. The lowest BCUT2D eigenvalue weighted by atomic mass is 9.97. The summed E-state index contributed by atoms with van der Waals surface area (Å²) >= 11 is 0. The zero-order valence-electron chi connectivity index (χ0n) is 56.5. The molecule has 88 heavy (non-hydrogen) atoms. The van der Waals surface area contributed by atoms with E-state index in [4.69, 9.17) is 18.9 Å². The number of hydrogen-bond donors (Lipinski definition) is 9. The fourth-order valence-corrected chi connectivity index (χ4v) is 12.4. The van der Waals surface area contributed by atoms with Gasteiger partial charge >= 0.3 is 0 Å². The van der Waals surface area contributed by atoms with Gasteiger partial charge in [0.15, 0.2) is 12.6 Å². The van der Waals surface area contributed by atoms with Crippen LogP contribution in [0.4, 0.5) is 0 Å². The first kappa shape index (κ1) is 82.3. The maximum atomic E-state index is 13.4. The number of allylic oxidation sites excluding steroid dienone is 6. The van der Waals surface area contributed by atoms with Crippen molar-refractivity contribution in [3.63, 3.8) is 0 Å². The van der Waals surface area contributed by atoms with Crippen LogP contribution in [-0.4, -0.2) is 140 Å². The second-order valence-corrected chi connectivity index (χ2v) is 26.4. The SMILES string of the molecule is CCCCCCC/C=C\C/C=C\C/C=C\CCCCCCCCCCCCCCCCCCCCCCC(=O)NC(COC1OC(CO)C(OC2OC(CO)C(O)C(O)C2O)C(O)C1O)C(O)CCCCCCCCCCCCCCCCCCCCC. The van der Waals surface area contributed by atoms with Gasteiger partial charge in [0.1, 0.15) is 48.8 Å². The van der Waals surface area contributed by atoms with E-state index in [-0.39, 0.29) is 12.5 Å². The highest BCUT2D eigenvalue weighted by Crippen LogP contribution is 2.30. The van der Waals surface area contributed by atoms with Gasteiger partial charge in [-0.2, -0.15) is 0 Å². The van der Waals surface area contributed by atoms with E-state index in [1.165, 1.54) is 244 Å². The van der Waals surface area contributed by atoms with Gasteiger partial charge in [0.05, 0.1) is 32.0 Å². The van der Waals surface area contributed by atoms with Crippen molar-refractivity contribution >= 4 is 5.91 Å². The standard InChI is InChI=1S/C74H139NO13/c1-3-5-7-9-11-13-15-17-19-21-23-24-25-26-27-28-29-30-31-32-33-34-35-36-37-38-40-42-44-46-48-50-52-54-56-58-66(79)75-62(63(78)57-55-53-51-49-47-45-43-41-39-22-20-18-16-14-12-10-8-6-4-2)61-85-73-71(84)69(82)72(65(60-77)87-73)88-74-70(83)68(81)67(80)64(59-76)86-74/h15,17,21,23,25-26,62-65,67-74,76-78,80-84H,3-14,16,18-20,22,24,27-61H2,1-2H3,(H,75,79)/b17-15-,23-21-,26-25-. The van der Waals surface area contributed by atoms with Crippen LogP contribution in [0.25, 0.3) is 0 Å². The lowest BCUT2D eigenvalue weighted by Gasteiger charge is -2.46. The fourth-order valence-electron chi connectivity index (χ4n) is 12.4. The molecule has 12 atom stereocenters. The molecule has 12 unspecified atom stereocenters. The van der Waals surface area contributed by atoms with Gasteiger partial charge in [-0.3, -0.25) is 4.79 Å². The van der Waals surface area contributed by atoms with Crippen LogP contribution in [0, 0.1) is 0 Å². The number of nitrogens with one attached hydrogen (secondary N) is 1. The summed E-state index contributed by atoms with van der Waals surface area (Å²) in [5.74, 6) is -0.200. The molecule has 2 heterocycles. The first-order chi connectivity index (χ1) is 43.1. The van der Waals surface area contributed by atoms with E-state index in [0.29, 0.717) is 12.8 Å². The topological polar surface area (TPSA) is 228 Å². The molecule has 14 heteroatoms. The van der Waals surface area contributed by atoms with Crippen molar-refractivity contribution in [3.8, 4) is 0 Å². The van der Waals surface area contributed by atoms with Crippen LogP contribution < -0.4 is 5.32 Å². The summed E-state index contributed by atoms with van der Waals surface area (Å²) in [5, 5.41) is 87.7. The summed E-state index contributed by atoms with van der Waals surface area (Å²) in [4.78, 5) is 13.4. The van der Waals surface area contributed by atoms with E-state index in [1.54, 1.807) is 0 Å². The van der Waals surface area contributed by atoms with Crippen LogP contribution in [-0.2, 0) is 23.7 Å². The normalized spacial score (nSPS) is 23.3. The lowest BCUT2D eigenvalue weighted by molar-refractivity contribution is -0.359. The number of ether oxygens (including phenoxy) is 4. The van der Waals surface area contributed by atoms with Crippen LogP contribution >= 0.6 is 0 Å². The highest BCUT2D eigenvalue weighted by Gasteiger charge is 2.51. The predicted molar refractivity (Wildman–Crippen MR) is 360 cm³/mol. The number of unbranched alkanes of at least 4 members (excludes halogenated alkanes) is 43. The molecular weight excluding hydrogens is 1110 g/mol. The maximum Gasteiger partial charge on any atom is 0.220 e. The molecule has 9 N–H and O–H groups in total. The van der Waals surface area contributed by atoms with Crippen molar-refractivity contribution in [2.75, 3.05) is 19.8 Å². The Bertz CT molecular complexity index is 1620. The average molecular weight is 1250 g/mol. The molecule has 1 amide bonds. The number of aliphatic hydroxyl groups excluding tert-OH is 8. The van der Waals surface area contributed by atoms with Crippen molar-refractivity contribution in [2.45, 2.75) is 408 Å². The summed E-state index contributed by atoms with van der Waals surface area (Å²) in [6, 6.07) is -0.828. The minimum atomic E-state index is -1.78. The molecule has 0 aliphatic carbocycles. The van der Waals surface area contributed by atoms with Gasteiger partial charge in [0.2, 0.25) is 5.91 Å². The molecule has 0 aromatic carbocycles. The van der Waals surface area contributed by atoms with Gasteiger partial charge in [-0.25, -0.2) is 0 Å². The van der Waals surface area contributed by atoms with Crippen molar-refractivity contribution in [2.24, 2.45) is 0 Å². The Morgan fingerprint density at radius 1 is 0.409 bits per heavy atom. The Morgan fingerprint density at radius 2 is 0.750 bits per heavy atom. The second-order valence-electron chi connectivity index (χ2n) is 26.4. The van der Waals surface area contributed by atoms with Gasteiger partial charge in [0.25, 0.3) is 0 Å². The Kier molecular flexibility index (Phi) is 55.2. The first-order valence-corrected chi connectivity index (χ1v) is 37.2. The van der Waals surface area contributed by atoms with E-state index >= 15 is 0 Å². The van der Waals surface area contributed by atoms with E-state index in [0.717, 1.165) is 64.2 Å². The minimum absolute atomic E-state index is 0.200. The summed E-state index contributed by atoms with van der Waals surface area (Å²) in [5.41, 5.74) is 0. The Labute approximate surface area is 538 Å². The van der Waals surface area contributed by atoms with E-state index in [1.807, 2.05) is 0 Å². The monoisotopic (exact) mass is 1250 g/mol. The third-order valence-corrected chi connectivity index (χ3v) is 18.4.